The summed E-state index contributed by atoms with van der Waals surface area (Å²) in [5, 5.41) is 10.9. The molecule has 0 spiro atoms. The van der Waals surface area contributed by atoms with Crippen molar-refractivity contribution in [3.05, 3.63) is 27.4 Å². The van der Waals surface area contributed by atoms with Crippen LogP contribution >= 0.6 is 11.6 Å². The summed E-state index contributed by atoms with van der Waals surface area (Å²) in [6, 6.07) is 2.64. The lowest BCUT2D eigenvalue weighted by Gasteiger charge is -2.22. The fraction of sp³-hybridized carbons (Fsp3) is 0.500. The Morgan fingerprint density at radius 2 is 2.10 bits per heavy atom. The minimum absolute atomic E-state index is 0.0388. The Hall–Kier alpha value is -1.89. The topological polar surface area (TPSA) is 79.6 Å². The van der Waals surface area contributed by atoms with E-state index in [4.69, 9.17) is 11.6 Å². The molecule has 1 amide bonds. The molecule has 1 aromatic heterocycles. The molecule has 1 fully saturated rings. The van der Waals surface area contributed by atoms with Gasteiger partial charge in [-0.3, -0.25) is 14.9 Å². The van der Waals surface area contributed by atoms with Crippen LogP contribution in [0, 0.1) is 10.1 Å². The normalized spacial score (nSPS) is 15.9. The van der Waals surface area contributed by atoms with Crippen LogP contribution in [0.5, 0.6) is 0 Å². The monoisotopic (exact) mass is 298 g/mol. The first-order valence-corrected chi connectivity index (χ1v) is 6.67. The van der Waals surface area contributed by atoms with Crippen molar-refractivity contribution in [2.45, 2.75) is 13.3 Å². The maximum atomic E-state index is 11.4. The Morgan fingerprint density at radius 1 is 1.35 bits per heavy atom. The van der Waals surface area contributed by atoms with Crippen LogP contribution in [0.3, 0.4) is 0 Å². The van der Waals surface area contributed by atoms with Gasteiger partial charge in [-0.15, -0.1) is 0 Å². The number of pyridine rings is 1. The Labute approximate surface area is 121 Å². The number of nitrogens with zero attached hydrogens (tertiary/aromatic N) is 4. The lowest BCUT2D eigenvalue weighted by molar-refractivity contribution is -0.384. The van der Waals surface area contributed by atoms with E-state index < -0.39 is 4.92 Å². The van der Waals surface area contributed by atoms with Crippen molar-refractivity contribution in [2.24, 2.45) is 0 Å². The van der Waals surface area contributed by atoms with E-state index in [0.29, 0.717) is 32.0 Å². The highest BCUT2D eigenvalue weighted by atomic mass is 35.5. The number of nitro groups is 1. The molecule has 20 heavy (non-hydrogen) atoms. The molecule has 7 nitrogen and oxygen atoms in total. The molecule has 1 aromatic rings. The highest BCUT2D eigenvalue weighted by Crippen LogP contribution is 2.24. The van der Waals surface area contributed by atoms with Crippen molar-refractivity contribution < 1.29 is 9.72 Å². The highest BCUT2D eigenvalue weighted by molar-refractivity contribution is 6.29. The molecule has 0 N–H and O–H groups in total. The van der Waals surface area contributed by atoms with Crippen LogP contribution in [0.4, 0.5) is 11.5 Å². The summed E-state index contributed by atoms with van der Waals surface area (Å²) in [5.41, 5.74) is -0.0762. The van der Waals surface area contributed by atoms with E-state index in [9.17, 15) is 14.9 Å². The fourth-order valence-corrected chi connectivity index (χ4v) is 2.40. The largest absolute Gasteiger partial charge is 0.355 e. The summed E-state index contributed by atoms with van der Waals surface area (Å²) in [4.78, 5) is 29.5. The second-order valence-corrected chi connectivity index (χ2v) is 5.00. The number of halogens is 1. The number of amides is 1. The number of hydrogen-bond donors (Lipinski definition) is 0. The number of aromatic nitrogens is 1. The van der Waals surface area contributed by atoms with Crippen molar-refractivity contribution >= 4 is 29.0 Å². The first kappa shape index (κ1) is 14.5. The minimum atomic E-state index is -0.489. The molecule has 108 valence electrons. The maximum absolute atomic E-state index is 11.4. The molecule has 1 aliphatic heterocycles. The third kappa shape index (κ3) is 3.36. The van der Waals surface area contributed by atoms with Gasteiger partial charge in [0.15, 0.2) is 0 Å². The second-order valence-electron chi connectivity index (χ2n) is 4.61. The third-order valence-corrected chi connectivity index (χ3v) is 3.43. The molecule has 0 aliphatic carbocycles. The van der Waals surface area contributed by atoms with Crippen LogP contribution in [0.1, 0.15) is 13.3 Å². The van der Waals surface area contributed by atoms with Gasteiger partial charge < -0.3 is 9.80 Å². The summed E-state index contributed by atoms with van der Waals surface area (Å²) in [7, 11) is 0. The zero-order valence-electron chi connectivity index (χ0n) is 11.1. The molecule has 0 saturated carbocycles. The molecular formula is C12H15ClN4O3. The standard InChI is InChI=1S/C12H15ClN4O3/c1-9(18)15-3-2-4-16(6-5-15)12-8-10(17(19)20)7-11(13)14-12/h7-8H,2-6H2,1H3. The molecule has 1 saturated heterocycles. The van der Waals surface area contributed by atoms with Crippen LogP contribution in [0.2, 0.25) is 5.15 Å². The van der Waals surface area contributed by atoms with Crippen molar-refractivity contribution in [1.82, 2.24) is 9.88 Å². The summed E-state index contributed by atoms with van der Waals surface area (Å²) in [5.74, 6) is 0.520. The van der Waals surface area contributed by atoms with E-state index in [1.165, 1.54) is 19.1 Å². The zero-order chi connectivity index (χ0) is 14.7. The Bertz CT molecular complexity index is 537. The van der Waals surface area contributed by atoms with Crippen molar-refractivity contribution in [3.8, 4) is 0 Å². The van der Waals surface area contributed by atoms with E-state index in [0.717, 1.165) is 6.42 Å². The minimum Gasteiger partial charge on any atom is -0.355 e. The van der Waals surface area contributed by atoms with Gasteiger partial charge in [0.05, 0.1) is 17.1 Å². The molecule has 0 bridgehead atoms. The van der Waals surface area contributed by atoms with Gasteiger partial charge in [0.2, 0.25) is 5.91 Å². The van der Waals surface area contributed by atoms with E-state index in [2.05, 4.69) is 4.98 Å². The number of hydrogen-bond acceptors (Lipinski definition) is 5. The number of carbonyl (C=O) groups is 1. The van der Waals surface area contributed by atoms with Gasteiger partial charge in [-0.25, -0.2) is 4.98 Å². The van der Waals surface area contributed by atoms with Crippen molar-refractivity contribution in [2.75, 3.05) is 31.1 Å². The van der Waals surface area contributed by atoms with Gasteiger partial charge in [-0.1, -0.05) is 11.6 Å². The number of rotatable bonds is 2. The smallest absolute Gasteiger partial charge is 0.276 e. The lowest BCUT2D eigenvalue weighted by atomic mass is 10.3. The highest BCUT2D eigenvalue weighted by Gasteiger charge is 2.20. The van der Waals surface area contributed by atoms with Crippen LogP contribution in [-0.4, -0.2) is 46.9 Å². The predicted molar refractivity (Wildman–Crippen MR) is 75.0 cm³/mol. The maximum Gasteiger partial charge on any atom is 0.276 e. The average Bonchev–Trinajstić information content (AvgIpc) is 2.63. The van der Waals surface area contributed by atoms with Crippen molar-refractivity contribution in [1.29, 1.82) is 0 Å². The molecule has 0 radical (unpaired) electrons. The van der Waals surface area contributed by atoms with Gasteiger partial charge >= 0.3 is 0 Å². The quantitative estimate of drug-likeness (QED) is 0.472. The van der Waals surface area contributed by atoms with E-state index in [-0.39, 0.29) is 16.7 Å². The molecule has 0 aromatic carbocycles. The van der Waals surface area contributed by atoms with E-state index >= 15 is 0 Å². The molecule has 0 unspecified atom stereocenters. The first-order chi connectivity index (χ1) is 9.47. The Kier molecular flexibility index (Phi) is 4.39. The second kappa shape index (κ2) is 6.04. The molecular weight excluding hydrogens is 284 g/mol. The summed E-state index contributed by atoms with van der Waals surface area (Å²) in [6.45, 7) is 4.09. The molecule has 8 heteroatoms. The zero-order valence-corrected chi connectivity index (χ0v) is 11.8. The third-order valence-electron chi connectivity index (χ3n) is 3.24. The van der Waals surface area contributed by atoms with Crippen LogP contribution in [-0.2, 0) is 4.79 Å². The molecule has 0 atom stereocenters. The van der Waals surface area contributed by atoms with Crippen LogP contribution < -0.4 is 4.90 Å². The van der Waals surface area contributed by atoms with Gasteiger partial charge in [0.25, 0.3) is 5.69 Å². The van der Waals surface area contributed by atoms with Gasteiger partial charge in [0, 0.05) is 33.1 Å². The predicted octanol–water partition coefficient (Wildman–Crippen LogP) is 1.70. The van der Waals surface area contributed by atoms with Gasteiger partial charge in [-0.2, -0.15) is 0 Å². The lowest BCUT2D eigenvalue weighted by Crippen LogP contribution is -2.33. The van der Waals surface area contributed by atoms with Gasteiger partial charge in [-0.05, 0) is 6.42 Å². The molecule has 2 rings (SSSR count). The molecule has 2 heterocycles. The summed E-state index contributed by atoms with van der Waals surface area (Å²) >= 11 is 5.83. The van der Waals surface area contributed by atoms with Gasteiger partial charge in [0.1, 0.15) is 11.0 Å². The van der Waals surface area contributed by atoms with E-state index in [1.54, 1.807) is 4.90 Å². The first-order valence-electron chi connectivity index (χ1n) is 6.30. The number of anilines is 1. The molecule has 1 aliphatic rings. The Balaban J connectivity index is 2.19. The summed E-state index contributed by atoms with van der Waals surface area (Å²) in [6.07, 6.45) is 0.793. The Morgan fingerprint density at radius 3 is 2.75 bits per heavy atom. The van der Waals surface area contributed by atoms with Crippen molar-refractivity contribution in [3.63, 3.8) is 0 Å². The van der Waals surface area contributed by atoms with E-state index in [1.807, 2.05) is 4.90 Å². The van der Waals surface area contributed by atoms with Crippen LogP contribution in [0.15, 0.2) is 12.1 Å². The number of carbonyl (C=O) groups excluding carboxylic acids is 1. The van der Waals surface area contributed by atoms with Crippen LogP contribution in [0.25, 0.3) is 0 Å². The average molecular weight is 299 g/mol. The summed E-state index contributed by atoms with van der Waals surface area (Å²) < 4.78 is 0. The fourth-order valence-electron chi connectivity index (χ4n) is 2.20. The SMILES string of the molecule is CC(=O)N1CCCN(c2cc([N+](=O)[O-])cc(Cl)n2)CC1.